The van der Waals surface area contributed by atoms with Gasteiger partial charge in [-0.1, -0.05) is 77.6 Å². The molecule has 34 heavy (non-hydrogen) atoms. The van der Waals surface area contributed by atoms with E-state index in [9.17, 15) is 4.57 Å². The van der Waals surface area contributed by atoms with Gasteiger partial charge in [-0.15, -0.1) is 0 Å². The lowest BCUT2D eigenvalue weighted by atomic mass is 10.1. The van der Waals surface area contributed by atoms with Crippen molar-refractivity contribution in [3.8, 4) is 0 Å². The number of phosphoric ester groups is 1. The number of nitrogens with zero attached hydrogens (tertiary/aromatic N) is 1. The molecule has 12 nitrogen and oxygen atoms in total. The van der Waals surface area contributed by atoms with Gasteiger partial charge in [0.1, 0.15) is 0 Å². The van der Waals surface area contributed by atoms with Crippen LogP contribution in [0, 0.1) is 0 Å². The fourth-order valence-electron chi connectivity index (χ4n) is 2.89. The number of rotatable bonds is 20. The predicted molar refractivity (Wildman–Crippen MR) is 131 cm³/mol. The first-order valence-corrected chi connectivity index (χ1v) is 15.0. The van der Waals surface area contributed by atoms with Gasteiger partial charge < -0.3 is 39.8 Å². The average Bonchev–Trinajstić information content (AvgIpc) is 2.70. The normalized spacial score (nSPS) is 11.6. The molecule has 0 fully saturated rings. The molecular weight excluding hydrogens is 492 g/mol. The first-order valence-electron chi connectivity index (χ1n) is 11.9. The molecule has 0 aromatic carbocycles. The van der Waals surface area contributed by atoms with Crippen LogP contribution in [0.25, 0.3) is 0 Å². The smallest absolute Gasteiger partial charge is 0.395 e. The summed E-state index contributed by atoms with van der Waals surface area (Å²) in [6.45, 7) is 4.16. The molecule has 0 aliphatic carbocycles. The van der Waals surface area contributed by atoms with Crippen LogP contribution in [0.1, 0.15) is 84.0 Å². The SMILES string of the molecule is CCCCCCCCCCCCCCOP(=O)(O)O.O=P(O)(O)O.OCCN(CCO)CCO. The molecule has 0 heterocycles. The number of hydrogen-bond acceptors (Lipinski definition) is 7. The van der Waals surface area contributed by atoms with Crippen molar-refractivity contribution < 1.29 is 53.4 Å². The summed E-state index contributed by atoms with van der Waals surface area (Å²) in [4.78, 5) is 40.3. The zero-order valence-electron chi connectivity index (χ0n) is 20.6. The van der Waals surface area contributed by atoms with Crippen LogP contribution in [0.4, 0.5) is 0 Å². The number of aliphatic hydroxyl groups is 3. The van der Waals surface area contributed by atoms with Crippen LogP contribution in [0.2, 0.25) is 0 Å². The van der Waals surface area contributed by atoms with Crippen LogP contribution in [0.5, 0.6) is 0 Å². The Morgan fingerprint density at radius 1 is 0.588 bits per heavy atom. The maximum absolute atomic E-state index is 10.4. The molecule has 0 atom stereocenters. The third-order valence-corrected chi connectivity index (χ3v) is 5.02. The van der Waals surface area contributed by atoms with E-state index in [0.717, 1.165) is 19.3 Å². The van der Waals surface area contributed by atoms with Crippen LogP contribution >= 0.6 is 15.6 Å². The predicted octanol–water partition coefficient (Wildman–Crippen LogP) is 2.13. The molecule has 0 radical (unpaired) electrons. The Bertz CT molecular complexity index is 467. The van der Waals surface area contributed by atoms with Crippen LogP contribution in [0.15, 0.2) is 0 Å². The largest absolute Gasteiger partial charge is 0.469 e. The molecule has 0 bridgehead atoms. The molecule has 210 valence electrons. The Morgan fingerprint density at radius 3 is 1.15 bits per heavy atom. The first kappa shape index (κ1) is 38.6. The lowest BCUT2D eigenvalue weighted by Gasteiger charge is -2.17. The Hall–Kier alpha value is 0.0600. The van der Waals surface area contributed by atoms with Crippen LogP contribution < -0.4 is 0 Å². The number of hydrogen-bond donors (Lipinski definition) is 8. The van der Waals surface area contributed by atoms with E-state index in [1.54, 1.807) is 4.90 Å². The van der Waals surface area contributed by atoms with Crippen molar-refractivity contribution in [3.05, 3.63) is 0 Å². The molecule has 0 aromatic rings. The Labute approximate surface area is 204 Å². The summed E-state index contributed by atoms with van der Waals surface area (Å²) in [5, 5.41) is 25.5. The molecule has 0 spiro atoms. The third kappa shape index (κ3) is 49.2. The molecule has 0 saturated heterocycles. The maximum Gasteiger partial charge on any atom is 0.469 e. The monoisotopic (exact) mass is 541 g/mol. The maximum atomic E-state index is 10.4. The van der Waals surface area contributed by atoms with Gasteiger partial charge >= 0.3 is 15.6 Å². The Balaban J connectivity index is -0.000000531. The third-order valence-electron chi connectivity index (χ3n) is 4.51. The van der Waals surface area contributed by atoms with E-state index in [1.165, 1.54) is 57.8 Å². The van der Waals surface area contributed by atoms with Crippen LogP contribution in [-0.2, 0) is 13.7 Å². The summed E-state index contributed by atoms with van der Waals surface area (Å²) < 4.78 is 23.7. The minimum atomic E-state index is -4.64. The van der Waals surface area contributed by atoms with E-state index in [2.05, 4.69) is 11.4 Å². The van der Waals surface area contributed by atoms with E-state index in [-0.39, 0.29) is 26.4 Å². The highest BCUT2D eigenvalue weighted by atomic mass is 31.2. The van der Waals surface area contributed by atoms with Gasteiger partial charge in [0.25, 0.3) is 0 Å². The van der Waals surface area contributed by atoms with Gasteiger partial charge in [0.15, 0.2) is 0 Å². The molecular formula is C20H49NO11P2. The van der Waals surface area contributed by atoms with Crippen molar-refractivity contribution in [1.82, 2.24) is 4.90 Å². The van der Waals surface area contributed by atoms with Gasteiger partial charge in [-0.3, -0.25) is 9.42 Å². The van der Waals surface area contributed by atoms with Crippen molar-refractivity contribution in [2.45, 2.75) is 84.0 Å². The summed E-state index contributed by atoms with van der Waals surface area (Å²) >= 11 is 0. The van der Waals surface area contributed by atoms with Crippen molar-refractivity contribution in [1.29, 1.82) is 0 Å². The number of unbranched alkanes of at least 4 members (excludes halogenated alkanes) is 11. The Kier molecular flexibility index (Phi) is 31.4. The van der Waals surface area contributed by atoms with Gasteiger partial charge in [0, 0.05) is 19.6 Å². The van der Waals surface area contributed by atoms with Gasteiger partial charge in [0.2, 0.25) is 0 Å². The summed E-state index contributed by atoms with van der Waals surface area (Å²) in [7, 11) is -8.89. The molecule has 0 saturated carbocycles. The minimum absolute atomic E-state index is 0.0694. The summed E-state index contributed by atoms with van der Waals surface area (Å²) in [6.07, 6.45) is 14.9. The fraction of sp³-hybridized carbons (Fsp3) is 1.00. The molecule has 0 aliphatic rings. The highest BCUT2D eigenvalue weighted by Gasteiger charge is 2.12. The number of phosphoric acid groups is 2. The van der Waals surface area contributed by atoms with Crippen LogP contribution in [0.3, 0.4) is 0 Å². The first-order chi connectivity index (χ1) is 15.9. The fourth-order valence-corrected chi connectivity index (χ4v) is 3.25. The van der Waals surface area contributed by atoms with Crippen molar-refractivity contribution >= 4 is 15.6 Å². The zero-order chi connectivity index (χ0) is 26.7. The summed E-state index contributed by atoms with van der Waals surface area (Å²) in [5.41, 5.74) is 0. The standard InChI is InChI=1S/C14H31O4P.C6H15NO3.H3O4P/c1-2-3-4-5-6-7-8-9-10-11-12-13-14-18-19(15,16)17;8-4-1-7(2-5-9)3-6-10;1-5(2,3)4/h2-14H2,1H3,(H2,15,16,17);8-10H,1-6H2;(H3,1,2,3,4). The summed E-state index contributed by atoms with van der Waals surface area (Å²) in [6, 6.07) is 0. The molecule has 0 rings (SSSR count). The summed E-state index contributed by atoms with van der Waals surface area (Å²) in [5.74, 6) is 0. The average molecular weight is 542 g/mol. The second-order valence-corrected chi connectivity index (χ2v) is 10.0. The lowest BCUT2D eigenvalue weighted by molar-refractivity contribution is 0.136. The van der Waals surface area contributed by atoms with Gasteiger partial charge in [-0.2, -0.15) is 0 Å². The van der Waals surface area contributed by atoms with Crippen molar-refractivity contribution in [2.75, 3.05) is 46.1 Å². The molecule has 0 aliphatic heterocycles. The van der Waals surface area contributed by atoms with Crippen molar-refractivity contribution in [3.63, 3.8) is 0 Å². The van der Waals surface area contributed by atoms with E-state index < -0.39 is 15.6 Å². The van der Waals surface area contributed by atoms with Crippen molar-refractivity contribution in [2.24, 2.45) is 0 Å². The van der Waals surface area contributed by atoms with Gasteiger partial charge in [0.05, 0.1) is 26.4 Å². The molecule has 0 unspecified atom stereocenters. The van der Waals surface area contributed by atoms with Gasteiger partial charge in [-0.05, 0) is 6.42 Å². The quantitative estimate of drug-likeness (QED) is 0.0823. The highest BCUT2D eigenvalue weighted by Crippen LogP contribution is 2.35. The molecule has 0 aromatic heterocycles. The lowest BCUT2D eigenvalue weighted by Crippen LogP contribution is -2.32. The molecule has 14 heteroatoms. The van der Waals surface area contributed by atoms with Gasteiger partial charge in [-0.25, -0.2) is 9.13 Å². The second kappa shape index (κ2) is 27.6. The Morgan fingerprint density at radius 2 is 0.882 bits per heavy atom. The van der Waals surface area contributed by atoms with E-state index >= 15 is 0 Å². The molecule has 0 amide bonds. The zero-order valence-corrected chi connectivity index (χ0v) is 22.4. The highest BCUT2D eigenvalue weighted by molar-refractivity contribution is 7.46. The second-order valence-electron chi connectivity index (χ2n) is 7.74. The number of aliphatic hydroxyl groups excluding tert-OH is 3. The van der Waals surface area contributed by atoms with E-state index in [0.29, 0.717) is 19.6 Å². The van der Waals surface area contributed by atoms with E-state index in [4.69, 9.17) is 44.4 Å². The van der Waals surface area contributed by atoms with Crippen LogP contribution in [-0.4, -0.2) is 90.7 Å². The topological polar surface area (TPSA) is 208 Å². The molecule has 8 N–H and O–H groups in total. The van der Waals surface area contributed by atoms with E-state index in [1.807, 2.05) is 0 Å². The minimum Gasteiger partial charge on any atom is -0.395 e.